The van der Waals surface area contributed by atoms with Crippen LogP contribution in [0.25, 0.3) is 0 Å². The van der Waals surface area contributed by atoms with Crippen LogP contribution in [-0.2, 0) is 9.53 Å². The van der Waals surface area contributed by atoms with E-state index >= 15 is 0 Å². The predicted octanol–water partition coefficient (Wildman–Crippen LogP) is 2.71. The first-order chi connectivity index (χ1) is 6.66. The molecule has 80 valence electrons. The summed E-state index contributed by atoms with van der Waals surface area (Å²) < 4.78 is 5.25. The van der Waals surface area contributed by atoms with Crippen molar-refractivity contribution in [3.05, 3.63) is 11.5 Å². The number of carbonyl (C=O) groups is 1. The predicted molar refractivity (Wildman–Crippen MR) is 54.0 cm³/mol. The zero-order chi connectivity index (χ0) is 10.6. The van der Waals surface area contributed by atoms with Gasteiger partial charge in [-0.1, -0.05) is 26.2 Å². The molecule has 0 aromatic rings. The standard InChI is InChI=1S/C11H18O3/c1-3-4-5-6-7-9-11(13)10(12)8(2)14-9/h8,13H,3-7H2,1-2H3. The van der Waals surface area contributed by atoms with E-state index < -0.39 is 6.10 Å². The van der Waals surface area contributed by atoms with Crippen molar-refractivity contribution in [2.75, 3.05) is 0 Å². The van der Waals surface area contributed by atoms with Crippen LogP contribution in [0.4, 0.5) is 0 Å². The van der Waals surface area contributed by atoms with Gasteiger partial charge in [0, 0.05) is 6.42 Å². The van der Waals surface area contributed by atoms with E-state index in [1.807, 2.05) is 0 Å². The molecule has 1 unspecified atom stereocenters. The van der Waals surface area contributed by atoms with E-state index in [1.165, 1.54) is 12.8 Å². The van der Waals surface area contributed by atoms with Crippen molar-refractivity contribution in [1.29, 1.82) is 0 Å². The number of ketones is 1. The van der Waals surface area contributed by atoms with Crippen LogP contribution in [0, 0.1) is 0 Å². The number of carbonyl (C=O) groups excluding carboxylic acids is 1. The van der Waals surface area contributed by atoms with Crippen LogP contribution in [-0.4, -0.2) is 17.0 Å². The molecule has 0 radical (unpaired) electrons. The quantitative estimate of drug-likeness (QED) is 0.691. The number of unbranched alkanes of at least 4 members (excludes halogenated alkanes) is 3. The molecule has 1 rings (SSSR count). The Bertz CT molecular complexity index is 243. The first-order valence-electron chi connectivity index (χ1n) is 5.29. The molecule has 0 aromatic heterocycles. The van der Waals surface area contributed by atoms with Crippen LogP contribution in [0.1, 0.15) is 46.0 Å². The molecule has 3 heteroatoms. The minimum absolute atomic E-state index is 0.158. The van der Waals surface area contributed by atoms with Gasteiger partial charge in [-0.05, 0) is 13.3 Å². The van der Waals surface area contributed by atoms with Crippen LogP contribution >= 0.6 is 0 Å². The van der Waals surface area contributed by atoms with Gasteiger partial charge in [-0.25, -0.2) is 0 Å². The molecule has 1 atom stereocenters. The summed E-state index contributed by atoms with van der Waals surface area (Å²) >= 11 is 0. The highest BCUT2D eigenvalue weighted by Gasteiger charge is 2.30. The van der Waals surface area contributed by atoms with E-state index in [0.29, 0.717) is 12.2 Å². The SMILES string of the molecule is CCCCCCC1=C(O)C(=O)C(C)O1. The molecule has 14 heavy (non-hydrogen) atoms. The molecule has 0 amide bonds. The van der Waals surface area contributed by atoms with Crippen LogP contribution in [0.5, 0.6) is 0 Å². The van der Waals surface area contributed by atoms with Crippen molar-refractivity contribution in [2.45, 2.75) is 52.1 Å². The third-order valence-electron chi connectivity index (χ3n) is 2.44. The highest BCUT2D eigenvalue weighted by molar-refractivity contribution is 5.98. The minimum atomic E-state index is -0.490. The zero-order valence-corrected chi connectivity index (χ0v) is 8.88. The van der Waals surface area contributed by atoms with Crippen LogP contribution in [0.3, 0.4) is 0 Å². The Labute approximate surface area is 84.8 Å². The second-order valence-electron chi connectivity index (χ2n) is 3.71. The Morgan fingerprint density at radius 3 is 2.57 bits per heavy atom. The summed E-state index contributed by atoms with van der Waals surface area (Å²) in [6, 6.07) is 0. The minimum Gasteiger partial charge on any atom is -0.502 e. The van der Waals surface area contributed by atoms with Gasteiger partial charge in [-0.2, -0.15) is 0 Å². The Kier molecular flexibility index (Phi) is 3.98. The summed E-state index contributed by atoms with van der Waals surface area (Å²) in [4.78, 5) is 11.2. The van der Waals surface area contributed by atoms with Gasteiger partial charge in [-0.15, -0.1) is 0 Å². The molecule has 1 aliphatic heterocycles. The molecule has 0 spiro atoms. The van der Waals surface area contributed by atoms with E-state index in [4.69, 9.17) is 4.74 Å². The van der Waals surface area contributed by atoms with Gasteiger partial charge in [0.05, 0.1) is 0 Å². The normalized spacial score (nSPS) is 21.6. The second kappa shape index (κ2) is 5.03. The highest BCUT2D eigenvalue weighted by atomic mass is 16.5. The van der Waals surface area contributed by atoms with Gasteiger partial charge in [0.15, 0.2) is 6.10 Å². The smallest absolute Gasteiger partial charge is 0.240 e. The lowest BCUT2D eigenvalue weighted by Crippen LogP contribution is -2.12. The first-order valence-corrected chi connectivity index (χ1v) is 5.29. The number of rotatable bonds is 5. The molecular formula is C11H18O3. The maximum absolute atomic E-state index is 11.2. The molecule has 1 heterocycles. The van der Waals surface area contributed by atoms with Gasteiger partial charge in [-0.3, -0.25) is 4.79 Å². The molecule has 1 aliphatic rings. The molecule has 0 saturated heterocycles. The number of aliphatic hydroxyl groups is 1. The van der Waals surface area contributed by atoms with Crippen molar-refractivity contribution < 1.29 is 14.6 Å². The number of ether oxygens (including phenoxy) is 1. The molecule has 0 aromatic carbocycles. The molecular weight excluding hydrogens is 180 g/mol. The van der Waals surface area contributed by atoms with Gasteiger partial charge in [0.25, 0.3) is 0 Å². The molecule has 0 saturated carbocycles. The van der Waals surface area contributed by atoms with Crippen molar-refractivity contribution in [1.82, 2.24) is 0 Å². The van der Waals surface area contributed by atoms with Gasteiger partial charge in [0.2, 0.25) is 11.5 Å². The van der Waals surface area contributed by atoms with E-state index in [9.17, 15) is 9.90 Å². The van der Waals surface area contributed by atoms with E-state index in [2.05, 4.69) is 6.92 Å². The monoisotopic (exact) mass is 198 g/mol. The van der Waals surface area contributed by atoms with Gasteiger partial charge in [0.1, 0.15) is 5.76 Å². The lowest BCUT2D eigenvalue weighted by atomic mass is 10.1. The van der Waals surface area contributed by atoms with Crippen LogP contribution < -0.4 is 0 Å². The average Bonchev–Trinajstić information content (AvgIpc) is 2.41. The number of Topliss-reactive ketones (excluding diaryl/α,β-unsaturated/α-hetero) is 1. The largest absolute Gasteiger partial charge is 0.502 e. The van der Waals surface area contributed by atoms with Crippen molar-refractivity contribution in [3.63, 3.8) is 0 Å². The molecule has 0 fully saturated rings. The fourth-order valence-electron chi connectivity index (χ4n) is 1.54. The maximum Gasteiger partial charge on any atom is 0.240 e. The van der Waals surface area contributed by atoms with E-state index in [-0.39, 0.29) is 11.5 Å². The second-order valence-corrected chi connectivity index (χ2v) is 3.71. The fraction of sp³-hybridized carbons (Fsp3) is 0.727. The summed E-state index contributed by atoms with van der Waals surface area (Å²) in [5, 5.41) is 9.39. The highest BCUT2D eigenvalue weighted by Crippen LogP contribution is 2.24. The number of hydrogen-bond acceptors (Lipinski definition) is 3. The lowest BCUT2D eigenvalue weighted by molar-refractivity contribution is -0.122. The number of hydrogen-bond donors (Lipinski definition) is 1. The van der Waals surface area contributed by atoms with Crippen LogP contribution in [0.2, 0.25) is 0 Å². The third-order valence-corrected chi connectivity index (χ3v) is 2.44. The number of allylic oxidation sites excluding steroid dienone is 1. The van der Waals surface area contributed by atoms with Crippen molar-refractivity contribution in [3.8, 4) is 0 Å². The topological polar surface area (TPSA) is 46.5 Å². The first kappa shape index (κ1) is 11.1. The molecule has 1 N–H and O–H groups in total. The molecule has 0 bridgehead atoms. The van der Waals surface area contributed by atoms with Gasteiger partial charge >= 0.3 is 0 Å². The Balaban J connectivity index is 2.34. The summed E-state index contributed by atoms with van der Waals surface area (Å²) in [5.74, 6) is 0.0445. The van der Waals surface area contributed by atoms with E-state index in [1.54, 1.807) is 6.92 Å². The van der Waals surface area contributed by atoms with Crippen molar-refractivity contribution in [2.24, 2.45) is 0 Å². The molecule has 3 nitrogen and oxygen atoms in total. The van der Waals surface area contributed by atoms with Crippen molar-refractivity contribution >= 4 is 5.78 Å². The van der Waals surface area contributed by atoms with E-state index in [0.717, 1.165) is 12.8 Å². The summed E-state index contributed by atoms with van der Waals surface area (Å²) in [6.07, 6.45) is 4.67. The summed E-state index contributed by atoms with van der Waals surface area (Å²) in [5.41, 5.74) is 0. The lowest BCUT2D eigenvalue weighted by Gasteiger charge is -2.05. The zero-order valence-electron chi connectivity index (χ0n) is 8.88. The molecule has 0 aliphatic carbocycles. The number of aliphatic hydroxyl groups excluding tert-OH is 1. The Morgan fingerprint density at radius 2 is 2.07 bits per heavy atom. The van der Waals surface area contributed by atoms with Crippen LogP contribution in [0.15, 0.2) is 11.5 Å². The summed E-state index contributed by atoms with van der Waals surface area (Å²) in [7, 11) is 0. The Morgan fingerprint density at radius 1 is 1.36 bits per heavy atom. The third kappa shape index (κ3) is 2.50. The van der Waals surface area contributed by atoms with Gasteiger partial charge < -0.3 is 9.84 Å². The average molecular weight is 198 g/mol. The fourth-order valence-corrected chi connectivity index (χ4v) is 1.54. The Hall–Kier alpha value is -0.990. The maximum atomic E-state index is 11.2. The summed E-state index contributed by atoms with van der Waals surface area (Å²) in [6.45, 7) is 3.81.